The van der Waals surface area contributed by atoms with Crippen molar-refractivity contribution in [1.29, 1.82) is 0 Å². The smallest absolute Gasteiger partial charge is 0.0276 e. The molecule has 0 aliphatic heterocycles. The molecule has 1 aliphatic rings. The van der Waals surface area contributed by atoms with Crippen LogP contribution in [0.4, 0.5) is 0 Å². The average Bonchev–Trinajstić information content (AvgIpc) is 2.91. The highest BCUT2D eigenvalue weighted by Gasteiger charge is 2.37. The Hall–Kier alpha value is -1.67. The summed E-state index contributed by atoms with van der Waals surface area (Å²) in [5.74, 6) is 0.606. The van der Waals surface area contributed by atoms with Crippen molar-refractivity contribution >= 4 is 11.3 Å². The number of allylic oxidation sites excluding steroid dienone is 2. The summed E-state index contributed by atoms with van der Waals surface area (Å²) in [6.45, 7) is 31.1. The average molecular weight is 555 g/mol. The molecule has 0 bridgehead atoms. The predicted octanol–water partition coefficient (Wildman–Crippen LogP) is 11.9. The summed E-state index contributed by atoms with van der Waals surface area (Å²) in [6.07, 6.45) is 16.5. The second-order valence-corrected chi connectivity index (χ2v) is 12.8. The number of hydrogen-bond donors (Lipinski definition) is 1. The van der Waals surface area contributed by atoms with E-state index in [9.17, 15) is 0 Å². The van der Waals surface area contributed by atoms with Crippen LogP contribution in [0, 0.1) is 5.92 Å². The fraction of sp³-hybridized carbons (Fsp3) is 0.711. The molecular weight excluding hydrogens is 484 g/mol. The van der Waals surface area contributed by atoms with Gasteiger partial charge in [0.05, 0.1) is 0 Å². The van der Waals surface area contributed by atoms with E-state index in [1.54, 1.807) is 6.08 Å². The predicted molar refractivity (Wildman–Crippen MR) is 187 cm³/mol. The molecule has 0 fully saturated rings. The maximum absolute atomic E-state index is 5.27. The lowest BCUT2D eigenvalue weighted by Gasteiger charge is -2.42. The Labute approximate surface area is 252 Å². The van der Waals surface area contributed by atoms with Crippen molar-refractivity contribution in [3.05, 3.63) is 54.1 Å². The Morgan fingerprint density at radius 3 is 1.82 bits per heavy atom. The van der Waals surface area contributed by atoms with E-state index in [4.69, 9.17) is 5.73 Å². The van der Waals surface area contributed by atoms with Crippen molar-refractivity contribution in [2.24, 2.45) is 16.6 Å². The van der Waals surface area contributed by atoms with Crippen LogP contribution in [0.5, 0.6) is 0 Å². The van der Waals surface area contributed by atoms with Crippen molar-refractivity contribution in [1.82, 2.24) is 0 Å². The van der Waals surface area contributed by atoms with Gasteiger partial charge in [-0.25, -0.2) is 0 Å². The summed E-state index contributed by atoms with van der Waals surface area (Å²) < 4.78 is 0. The number of benzene rings is 1. The van der Waals surface area contributed by atoms with Crippen LogP contribution in [0.3, 0.4) is 0 Å². The van der Waals surface area contributed by atoms with E-state index >= 15 is 0 Å². The third-order valence-electron chi connectivity index (χ3n) is 7.75. The number of aliphatic imine (C=N–C) groups is 1. The molecule has 2 nitrogen and oxygen atoms in total. The molecule has 1 aromatic rings. The molecule has 2 rings (SSSR count). The third-order valence-corrected chi connectivity index (χ3v) is 7.75. The SMILES string of the molecule is C=C(CC(=NC)C(CCC)CCC)c1ccc2c(c1)C(C)(C)CCC2(C)C.C=CC.CCC.CCCCCCN. The Morgan fingerprint density at radius 1 is 0.900 bits per heavy atom. The van der Waals surface area contributed by atoms with Crippen molar-refractivity contribution in [3.63, 3.8) is 0 Å². The van der Waals surface area contributed by atoms with Crippen LogP contribution in [-0.4, -0.2) is 19.3 Å². The Kier molecular flexibility index (Phi) is 23.2. The Bertz CT molecular complexity index is 818. The van der Waals surface area contributed by atoms with Gasteiger partial charge in [0.1, 0.15) is 0 Å². The van der Waals surface area contributed by atoms with Crippen molar-refractivity contribution in [2.45, 2.75) is 157 Å². The first-order valence-electron chi connectivity index (χ1n) is 16.5. The van der Waals surface area contributed by atoms with E-state index in [0.717, 1.165) is 13.0 Å². The lowest BCUT2D eigenvalue weighted by molar-refractivity contribution is 0.332. The first-order valence-corrected chi connectivity index (χ1v) is 16.5. The van der Waals surface area contributed by atoms with Crippen LogP contribution in [-0.2, 0) is 10.8 Å². The fourth-order valence-corrected chi connectivity index (χ4v) is 5.28. The van der Waals surface area contributed by atoms with E-state index in [0.29, 0.717) is 5.92 Å². The summed E-state index contributed by atoms with van der Waals surface area (Å²) in [6, 6.07) is 7.10. The molecule has 0 unspecified atom stereocenters. The maximum atomic E-state index is 5.27. The highest BCUT2D eigenvalue weighted by Crippen LogP contribution is 2.46. The summed E-state index contributed by atoms with van der Waals surface area (Å²) in [5.41, 5.74) is 12.7. The lowest BCUT2D eigenvalue weighted by atomic mass is 9.63. The van der Waals surface area contributed by atoms with Gasteiger partial charge in [0.2, 0.25) is 0 Å². The largest absolute Gasteiger partial charge is 0.330 e. The molecule has 2 N–H and O–H groups in total. The second kappa shape index (κ2) is 23.0. The van der Waals surface area contributed by atoms with Crippen molar-refractivity contribution in [3.8, 4) is 0 Å². The van der Waals surface area contributed by atoms with Crippen LogP contribution in [0.1, 0.15) is 163 Å². The molecule has 1 aromatic carbocycles. The number of rotatable bonds is 12. The minimum absolute atomic E-state index is 0.246. The number of unbranched alkanes of at least 4 members (excludes halogenated alkanes) is 3. The van der Waals surface area contributed by atoms with Crippen LogP contribution < -0.4 is 5.73 Å². The van der Waals surface area contributed by atoms with Crippen LogP contribution in [0.25, 0.3) is 5.57 Å². The standard InChI is InChI=1S/C26H41N.C6H15N.C3H8.C3H6/c1-9-11-20(12-10-2)24(27-8)17-19(3)21-13-14-22-23(18-21)26(6,7)16-15-25(22,4)5;1-2-3-4-5-6-7;2*1-3-2/h13-14,18,20H,3,9-12,15-17H2,1-2,4-8H3;2-7H2,1H3;3H2,1-2H3;3H,1H2,2H3. The minimum atomic E-state index is 0.246. The molecule has 2 heteroatoms. The quantitative estimate of drug-likeness (QED) is 0.156. The Morgan fingerprint density at radius 2 is 1.40 bits per heavy atom. The number of nitrogens with zero attached hydrogens (tertiary/aromatic N) is 1. The van der Waals surface area contributed by atoms with E-state index in [1.165, 1.54) is 98.6 Å². The topological polar surface area (TPSA) is 38.4 Å². The second-order valence-electron chi connectivity index (χ2n) is 12.8. The zero-order valence-corrected chi connectivity index (χ0v) is 29.0. The summed E-state index contributed by atoms with van der Waals surface area (Å²) in [5, 5.41) is 0. The van der Waals surface area contributed by atoms with Crippen LogP contribution in [0.15, 0.2) is 42.4 Å². The van der Waals surface area contributed by atoms with Gasteiger partial charge in [0.25, 0.3) is 0 Å². The van der Waals surface area contributed by atoms with Gasteiger partial charge in [0, 0.05) is 19.2 Å². The summed E-state index contributed by atoms with van der Waals surface area (Å²) in [7, 11) is 1.96. The molecule has 40 heavy (non-hydrogen) atoms. The van der Waals surface area contributed by atoms with E-state index in [1.807, 2.05) is 14.0 Å². The van der Waals surface area contributed by atoms with E-state index in [-0.39, 0.29) is 10.8 Å². The van der Waals surface area contributed by atoms with Gasteiger partial charge in [-0.1, -0.05) is 132 Å². The van der Waals surface area contributed by atoms with Gasteiger partial charge in [0.15, 0.2) is 0 Å². The lowest BCUT2D eigenvalue weighted by Crippen LogP contribution is -2.33. The van der Waals surface area contributed by atoms with Gasteiger partial charge >= 0.3 is 0 Å². The maximum Gasteiger partial charge on any atom is 0.0276 e. The fourth-order valence-electron chi connectivity index (χ4n) is 5.28. The molecule has 0 aromatic heterocycles. The number of fused-ring (bicyclic) bond motifs is 1. The molecule has 0 heterocycles. The monoisotopic (exact) mass is 555 g/mol. The Balaban J connectivity index is 0. The minimum Gasteiger partial charge on any atom is -0.330 e. The van der Waals surface area contributed by atoms with Gasteiger partial charge in [-0.05, 0) is 84.6 Å². The number of nitrogens with two attached hydrogens (primary N) is 1. The van der Waals surface area contributed by atoms with E-state index < -0.39 is 0 Å². The number of hydrogen-bond acceptors (Lipinski definition) is 2. The zero-order valence-electron chi connectivity index (χ0n) is 29.0. The van der Waals surface area contributed by atoms with Crippen LogP contribution in [0.2, 0.25) is 0 Å². The molecule has 232 valence electrons. The van der Waals surface area contributed by atoms with Gasteiger partial charge in [-0.15, -0.1) is 6.58 Å². The first kappa shape index (κ1) is 40.5. The highest BCUT2D eigenvalue weighted by molar-refractivity contribution is 5.95. The van der Waals surface area contributed by atoms with Gasteiger partial charge in [-0.3, -0.25) is 4.99 Å². The molecule has 0 atom stereocenters. The first-order chi connectivity index (χ1) is 18.9. The molecule has 0 saturated heterocycles. The van der Waals surface area contributed by atoms with E-state index in [2.05, 4.69) is 98.7 Å². The van der Waals surface area contributed by atoms with Gasteiger partial charge in [-0.2, -0.15) is 0 Å². The normalized spacial score (nSPS) is 14.9. The molecule has 0 spiro atoms. The van der Waals surface area contributed by atoms with Gasteiger partial charge < -0.3 is 5.73 Å². The van der Waals surface area contributed by atoms with Crippen molar-refractivity contribution in [2.75, 3.05) is 13.6 Å². The molecule has 1 aliphatic carbocycles. The molecular formula is C38H70N2. The molecule has 0 amide bonds. The van der Waals surface area contributed by atoms with Crippen molar-refractivity contribution < 1.29 is 0 Å². The molecule has 0 saturated carbocycles. The van der Waals surface area contributed by atoms with Crippen LogP contribution >= 0.6 is 0 Å². The summed E-state index contributed by atoms with van der Waals surface area (Å²) in [4.78, 5) is 4.69. The highest BCUT2D eigenvalue weighted by atomic mass is 14.7. The summed E-state index contributed by atoms with van der Waals surface area (Å²) >= 11 is 0. The molecule has 0 radical (unpaired) electrons. The third kappa shape index (κ3) is 15.4. The zero-order chi connectivity index (χ0) is 31.2.